The van der Waals surface area contributed by atoms with Crippen molar-refractivity contribution >= 4 is 23.1 Å². The van der Waals surface area contributed by atoms with E-state index in [0.717, 1.165) is 41.8 Å². The van der Waals surface area contributed by atoms with Gasteiger partial charge in [0.2, 0.25) is 5.95 Å². The molecular weight excluding hydrogens is 378 g/mol. The summed E-state index contributed by atoms with van der Waals surface area (Å²) in [5, 5.41) is 9.35. The molecule has 8 nitrogen and oxygen atoms in total. The Hall–Kier alpha value is -2.78. The highest BCUT2D eigenvalue weighted by Crippen LogP contribution is 2.27. The molecule has 0 aliphatic heterocycles. The third-order valence-electron chi connectivity index (χ3n) is 4.57. The molecular formula is C19H21N5O3S. The molecule has 28 heavy (non-hydrogen) atoms. The van der Waals surface area contributed by atoms with Gasteiger partial charge in [-0.1, -0.05) is 6.07 Å². The highest BCUT2D eigenvalue weighted by Gasteiger charge is 2.20. The molecule has 146 valence electrons. The first-order chi connectivity index (χ1) is 13.7. The first kappa shape index (κ1) is 18.6. The summed E-state index contributed by atoms with van der Waals surface area (Å²) in [6, 6.07) is 5.66. The molecule has 4 rings (SSSR count). The summed E-state index contributed by atoms with van der Waals surface area (Å²) in [5.74, 6) is 0.452. The van der Waals surface area contributed by atoms with Gasteiger partial charge in [-0.3, -0.25) is 14.6 Å². The van der Waals surface area contributed by atoms with Gasteiger partial charge in [0.05, 0.1) is 10.6 Å². The topological polar surface area (TPSA) is 102 Å². The van der Waals surface area contributed by atoms with Crippen molar-refractivity contribution in [2.75, 3.05) is 18.5 Å². The SMILES string of the molecule is CCOCC(=O)Nc1cc(-c2cccs2)nn1-c1nc2c(c(=O)[nH]1)CCCC2. The molecule has 0 saturated carbocycles. The highest BCUT2D eigenvalue weighted by molar-refractivity contribution is 7.13. The standard InChI is InChI=1S/C19H21N5O3S/c1-2-27-11-17(25)21-16-10-14(15-8-5-9-28-15)23-24(16)19-20-13-7-4-3-6-12(13)18(26)22-19/h5,8-10H,2-4,6-7,11H2,1H3,(H,21,25)(H,20,22,26). The quantitative estimate of drug-likeness (QED) is 0.663. The molecule has 0 aromatic carbocycles. The van der Waals surface area contributed by atoms with Crippen LogP contribution in [0.2, 0.25) is 0 Å². The van der Waals surface area contributed by atoms with Gasteiger partial charge in [0, 0.05) is 18.2 Å². The van der Waals surface area contributed by atoms with E-state index in [2.05, 4.69) is 20.4 Å². The largest absolute Gasteiger partial charge is 0.372 e. The molecule has 3 aromatic rings. The van der Waals surface area contributed by atoms with Crippen LogP contribution in [0, 0.1) is 0 Å². The van der Waals surface area contributed by atoms with Gasteiger partial charge in [-0.15, -0.1) is 11.3 Å². The van der Waals surface area contributed by atoms with E-state index < -0.39 is 0 Å². The number of hydrogen-bond acceptors (Lipinski definition) is 6. The summed E-state index contributed by atoms with van der Waals surface area (Å²) in [6.07, 6.45) is 3.54. The Kier molecular flexibility index (Phi) is 5.36. The Morgan fingerprint density at radius 1 is 1.39 bits per heavy atom. The fraction of sp³-hybridized carbons (Fsp3) is 0.368. The maximum atomic E-state index is 12.5. The fourth-order valence-corrected chi connectivity index (χ4v) is 3.92. The number of aryl methyl sites for hydroxylation is 1. The van der Waals surface area contributed by atoms with Gasteiger partial charge >= 0.3 is 0 Å². The van der Waals surface area contributed by atoms with Gasteiger partial charge in [-0.05, 0) is 44.1 Å². The van der Waals surface area contributed by atoms with Crippen molar-refractivity contribution in [2.45, 2.75) is 32.6 Å². The summed E-state index contributed by atoms with van der Waals surface area (Å²) in [4.78, 5) is 33.1. The van der Waals surface area contributed by atoms with Crippen LogP contribution in [-0.2, 0) is 22.4 Å². The van der Waals surface area contributed by atoms with E-state index in [9.17, 15) is 9.59 Å². The molecule has 0 radical (unpaired) electrons. The number of ether oxygens (including phenoxy) is 1. The number of anilines is 1. The first-order valence-electron chi connectivity index (χ1n) is 9.29. The molecule has 0 fully saturated rings. The summed E-state index contributed by atoms with van der Waals surface area (Å²) < 4.78 is 6.65. The second-order valence-electron chi connectivity index (χ2n) is 6.51. The summed E-state index contributed by atoms with van der Waals surface area (Å²) >= 11 is 1.55. The van der Waals surface area contributed by atoms with Crippen LogP contribution in [0.15, 0.2) is 28.4 Å². The average molecular weight is 399 g/mol. The number of H-pyrrole nitrogens is 1. The summed E-state index contributed by atoms with van der Waals surface area (Å²) in [6.45, 7) is 2.23. The molecule has 0 atom stereocenters. The zero-order valence-electron chi connectivity index (χ0n) is 15.5. The number of aromatic amines is 1. The van der Waals surface area contributed by atoms with E-state index in [4.69, 9.17) is 4.74 Å². The third kappa shape index (κ3) is 3.76. The van der Waals surface area contributed by atoms with Crippen molar-refractivity contribution in [1.29, 1.82) is 0 Å². The number of nitrogens with one attached hydrogen (secondary N) is 2. The van der Waals surface area contributed by atoms with Crippen molar-refractivity contribution in [3.63, 3.8) is 0 Å². The smallest absolute Gasteiger partial charge is 0.255 e. The Balaban J connectivity index is 1.75. The van der Waals surface area contributed by atoms with Crippen molar-refractivity contribution < 1.29 is 9.53 Å². The number of carbonyl (C=O) groups is 1. The number of carbonyl (C=O) groups excluding carboxylic acids is 1. The number of fused-ring (bicyclic) bond motifs is 1. The summed E-state index contributed by atoms with van der Waals surface area (Å²) in [5.41, 5.74) is 2.12. The maximum Gasteiger partial charge on any atom is 0.255 e. The van der Waals surface area contributed by atoms with E-state index in [-0.39, 0.29) is 18.1 Å². The van der Waals surface area contributed by atoms with Gasteiger partial charge in [0.25, 0.3) is 11.5 Å². The zero-order valence-corrected chi connectivity index (χ0v) is 16.3. The van der Waals surface area contributed by atoms with Crippen LogP contribution in [-0.4, -0.2) is 38.9 Å². The predicted molar refractivity (Wildman–Crippen MR) is 107 cm³/mol. The van der Waals surface area contributed by atoms with E-state index in [1.54, 1.807) is 17.4 Å². The predicted octanol–water partition coefficient (Wildman–Crippen LogP) is 2.54. The van der Waals surface area contributed by atoms with E-state index in [1.807, 2.05) is 24.4 Å². The van der Waals surface area contributed by atoms with Crippen LogP contribution in [0.5, 0.6) is 0 Å². The van der Waals surface area contributed by atoms with E-state index in [1.165, 1.54) is 4.68 Å². The van der Waals surface area contributed by atoms with Gasteiger partial charge in [-0.2, -0.15) is 9.78 Å². The molecule has 1 amide bonds. The molecule has 0 saturated heterocycles. The normalized spacial score (nSPS) is 13.3. The Labute approximate surface area is 165 Å². The maximum absolute atomic E-state index is 12.5. The molecule has 9 heteroatoms. The van der Waals surface area contributed by atoms with Gasteiger partial charge in [-0.25, -0.2) is 4.98 Å². The molecule has 0 spiro atoms. The number of thiophene rings is 1. The molecule has 1 aliphatic rings. The van der Waals surface area contributed by atoms with Crippen LogP contribution < -0.4 is 10.9 Å². The van der Waals surface area contributed by atoms with Gasteiger partial charge < -0.3 is 10.1 Å². The minimum Gasteiger partial charge on any atom is -0.372 e. The minimum atomic E-state index is -0.291. The lowest BCUT2D eigenvalue weighted by Gasteiger charge is -2.15. The molecule has 0 bridgehead atoms. The minimum absolute atomic E-state index is 0.0514. The lowest BCUT2D eigenvalue weighted by molar-refractivity contribution is -0.120. The van der Waals surface area contributed by atoms with E-state index in [0.29, 0.717) is 24.1 Å². The second kappa shape index (κ2) is 8.07. The van der Waals surface area contributed by atoms with Crippen LogP contribution >= 0.6 is 11.3 Å². The van der Waals surface area contributed by atoms with Crippen molar-refractivity contribution in [1.82, 2.24) is 19.7 Å². The number of nitrogens with zero attached hydrogens (tertiary/aromatic N) is 3. The Morgan fingerprint density at radius 2 is 2.25 bits per heavy atom. The average Bonchev–Trinajstić information content (AvgIpc) is 3.36. The van der Waals surface area contributed by atoms with Gasteiger partial charge in [0.1, 0.15) is 18.1 Å². The number of amides is 1. The molecule has 3 heterocycles. The number of rotatable bonds is 6. The van der Waals surface area contributed by atoms with Crippen molar-refractivity contribution in [2.24, 2.45) is 0 Å². The molecule has 1 aliphatic carbocycles. The third-order valence-corrected chi connectivity index (χ3v) is 5.46. The van der Waals surface area contributed by atoms with E-state index >= 15 is 0 Å². The van der Waals surface area contributed by atoms with Gasteiger partial charge in [0.15, 0.2) is 0 Å². The van der Waals surface area contributed by atoms with Crippen molar-refractivity contribution in [3.05, 3.63) is 45.2 Å². The fourth-order valence-electron chi connectivity index (χ4n) is 3.24. The van der Waals surface area contributed by atoms with Crippen LogP contribution in [0.3, 0.4) is 0 Å². The van der Waals surface area contributed by atoms with Crippen LogP contribution in [0.25, 0.3) is 16.5 Å². The Morgan fingerprint density at radius 3 is 3.04 bits per heavy atom. The van der Waals surface area contributed by atoms with Crippen molar-refractivity contribution in [3.8, 4) is 16.5 Å². The number of aromatic nitrogens is 4. The zero-order chi connectivity index (χ0) is 19.5. The lowest BCUT2D eigenvalue weighted by atomic mass is 9.97. The second-order valence-corrected chi connectivity index (χ2v) is 7.46. The molecule has 3 aromatic heterocycles. The Bertz CT molecular complexity index is 1040. The highest BCUT2D eigenvalue weighted by atomic mass is 32.1. The number of hydrogen-bond donors (Lipinski definition) is 2. The van der Waals surface area contributed by atoms with Crippen LogP contribution in [0.1, 0.15) is 31.0 Å². The molecule has 2 N–H and O–H groups in total. The molecule has 0 unspecified atom stereocenters. The summed E-state index contributed by atoms with van der Waals surface area (Å²) in [7, 11) is 0. The van der Waals surface area contributed by atoms with Crippen LogP contribution in [0.4, 0.5) is 5.82 Å². The first-order valence-corrected chi connectivity index (χ1v) is 10.2. The lowest BCUT2D eigenvalue weighted by Crippen LogP contribution is -2.25. The monoisotopic (exact) mass is 399 g/mol.